The van der Waals surface area contributed by atoms with Gasteiger partial charge in [-0.05, 0) is 63.9 Å². The Bertz CT molecular complexity index is 1080. The Labute approximate surface area is 209 Å². The molecular formula is C26H37N3O5S. The van der Waals surface area contributed by atoms with E-state index in [2.05, 4.69) is 5.32 Å². The van der Waals surface area contributed by atoms with Crippen LogP contribution in [0.25, 0.3) is 0 Å². The number of anilines is 1. The number of hydrogen-bond acceptors (Lipinski definition) is 5. The number of benzene rings is 2. The second kappa shape index (κ2) is 12.1. The summed E-state index contributed by atoms with van der Waals surface area (Å²) in [6, 6.07) is 15.5. The van der Waals surface area contributed by atoms with Crippen LogP contribution in [-0.2, 0) is 26.2 Å². The molecule has 0 unspecified atom stereocenters. The molecule has 1 atom stereocenters. The molecule has 2 aromatic rings. The molecular weight excluding hydrogens is 466 g/mol. The first-order valence-corrected chi connectivity index (χ1v) is 13.4. The molecule has 35 heavy (non-hydrogen) atoms. The van der Waals surface area contributed by atoms with Crippen molar-refractivity contribution < 1.29 is 22.7 Å². The number of carbonyl (C=O) groups is 2. The maximum absolute atomic E-state index is 13.3. The fraction of sp³-hybridized carbons (Fsp3) is 0.462. The molecule has 0 radical (unpaired) electrons. The molecule has 0 aliphatic rings. The maximum Gasteiger partial charge on any atom is 0.242 e. The van der Waals surface area contributed by atoms with E-state index in [0.717, 1.165) is 11.8 Å². The summed E-state index contributed by atoms with van der Waals surface area (Å²) in [5.74, 6) is 0.169. The van der Waals surface area contributed by atoms with Crippen molar-refractivity contribution in [3.63, 3.8) is 0 Å². The smallest absolute Gasteiger partial charge is 0.242 e. The van der Waals surface area contributed by atoms with E-state index in [1.807, 2.05) is 51.1 Å². The lowest BCUT2D eigenvalue weighted by atomic mass is 10.1. The highest BCUT2D eigenvalue weighted by Crippen LogP contribution is 2.22. The van der Waals surface area contributed by atoms with Crippen LogP contribution in [0.5, 0.6) is 5.75 Å². The molecule has 2 rings (SSSR count). The third-order valence-electron chi connectivity index (χ3n) is 5.37. The average Bonchev–Trinajstić information content (AvgIpc) is 2.78. The van der Waals surface area contributed by atoms with Crippen LogP contribution in [0.2, 0.25) is 0 Å². The minimum absolute atomic E-state index is 0.0994. The normalized spacial score (nSPS) is 12.5. The summed E-state index contributed by atoms with van der Waals surface area (Å²) in [5.41, 5.74) is 0.980. The van der Waals surface area contributed by atoms with Crippen LogP contribution in [0.15, 0.2) is 54.6 Å². The molecule has 1 N–H and O–H groups in total. The van der Waals surface area contributed by atoms with Crippen molar-refractivity contribution in [3.8, 4) is 5.75 Å². The van der Waals surface area contributed by atoms with Crippen molar-refractivity contribution >= 4 is 27.5 Å². The van der Waals surface area contributed by atoms with E-state index >= 15 is 0 Å². The molecule has 192 valence electrons. The summed E-state index contributed by atoms with van der Waals surface area (Å²) < 4.78 is 31.2. The summed E-state index contributed by atoms with van der Waals surface area (Å²) in [6.45, 7) is 7.80. The number of ether oxygens (including phenoxy) is 1. The summed E-state index contributed by atoms with van der Waals surface area (Å²) in [4.78, 5) is 27.7. The second-order valence-electron chi connectivity index (χ2n) is 9.56. The molecule has 0 saturated heterocycles. The Balaban J connectivity index is 2.15. The lowest BCUT2D eigenvalue weighted by Crippen LogP contribution is -2.52. The second-order valence-corrected chi connectivity index (χ2v) is 11.5. The van der Waals surface area contributed by atoms with Gasteiger partial charge in [-0.15, -0.1) is 0 Å². The number of rotatable bonds is 11. The zero-order valence-corrected chi connectivity index (χ0v) is 22.3. The van der Waals surface area contributed by atoms with Crippen LogP contribution in [-0.4, -0.2) is 56.6 Å². The van der Waals surface area contributed by atoms with Crippen LogP contribution >= 0.6 is 0 Å². The SMILES string of the molecule is COc1ccc(N(CCCC(=O)N(Cc2ccccc2)[C@@H](C)C(=O)NC(C)(C)C)S(C)(=O)=O)cc1. The lowest BCUT2D eigenvalue weighted by Gasteiger charge is -2.32. The van der Waals surface area contributed by atoms with E-state index in [4.69, 9.17) is 4.74 Å². The van der Waals surface area contributed by atoms with E-state index in [1.54, 1.807) is 43.2 Å². The van der Waals surface area contributed by atoms with Crippen molar-refractivity contribution in [3.05, 3.63) is 60.2 Å². The molecule has 9 heteroatoms. The van der Waals surface area contributed by atoms with Crippen molar-refractivity contribution in [2.45, 2.75) is 58.7 Å². The van der Waals surface area contributed by atoms with Gasteiger partial charge in [-0.25, -0.2) is 8.42 Å². The van der Waals surface area contributed by atoms with E-state index in [1.165, 1.54) is 4.31 Å². The van der Waals surface area contributed by atoms with Crippen LogP contribution < -0.4 is 14.4 Å². The molecule has 2 amide bonds. The monoisotopic (exact) mass is 503 g/mol. The van der Waals surface area contributed by atoms with Crippen molar-refractivity contribution in [2.75, 3.05) is 24.2 Å². The Morgan fingerprint density at radius 1 is 1.03 bits per heavy atom. The Morgan fingerprint density at radius 3 is 2.14 bits per heavy atom. The molecule has 2 aromatic carbocycles. The van der Waals surface area contributed by atoms with Crippen LogP contribution in [0.3, 0.4) is 0 Å². The Kier molecular flexibility index (Phi) is 9.71. The molecule has 0 aromatic heterocycles. The van der Waals surface area contributed by atoms with Crippen LogP contribution in [0.4, 0.5) is 5.69 Å². The fourth-order valence-corrected chi connectivity index (χ4v) is 4.55. The minimum atomic E-state index is -3.55. The average molecular weight is 504 g/mol. The molecule has 0 spiro atoms. The van der Waals surface area contributed by atoms with Gasteiger partial charge < -0.3 is 15.0 Å². The highest BCUT2D eigenvalue weighted by atomic mass is 32.2. The number of hydrogen-bond donors (Lipinski definition) is 1. The van der Waals surface area contributed by atoms with Gasteiger partial charge in [0.05, 0.1) is 19.1 Å². The topological polar surface area (TPSA) is 96.0 Å². The van der Waals surface area contributed by atoms with Gasteiger partial charge in [0, 0.05) is 25.0 Å². The maximum atomic E-state index is 13.3. The summed E-state index contributed by atoms with van der Waals surface area (Å²) in [5, 5.41) is 2.93. The Morgan fingerprint density at radius 2 is 1.63 bits per heavy atom. The van der Waals surface area contributed by atoms with E-state index in [0.29, 0.717) is 17.9 Å². The van der Waals surface area contributed by atoms with E-state index in [9.17, 15) is 18.0 Å². The summed E-state index contributed by atoms with van der Waals surface area (Å²) in [7, 11) is -2.01. The number of nitrogens with zero attached hydrogens (tertiary/aromatic N) is 2. The fourth-order valence-electron chi connectivity index (χ4n) is 3.59. The standard InChI is InChI=1S/C26H37N3O5S/c1-20(25(31)27-26(2,3)4)28(19-21-11-8-7-9-12-21)24(30)13-10-18-29(35(6,32)33)22-14-16-23(34-5)17-15-22/h7-9,11-12,14-17,20H,10,13,18-19H2,1-6H3,(H,27,31)/t20-/m0/s1. The van der Waals surface area contributed by atoms with Crippen molar-refractivity contribution in [1.29, 1.82) is 0 Å². The van der Waals surface area contributed by atoms with Gasteiger partial charge in [0.15, 0.2) is 0 Å². The lowest BCUT2D eigenvalue weighted by molar-refractivity contribution is -0.141. The molecule has 0 bridgehead atoms. The van der Waals surface area contributed by atoms with Gasteiger partial charge in [0.2, 0.25) is 21.8 Å². The first-order valence-electron chi connectivity index (χ1n) is 11.6. The highest BCUT2D eigenvalue weighted by molar-refractivity contribution is 7.92. The van der Waals surface area contributed by atoms with E-state index in [-0.39, 0.29) is 31.3 Å². The largest absolute Gasteiger partial charge is 0.497 e. The van der Waals surface area contributed by atoms with Gasteiger partial charge in [-0.2, -0.15) is 0 Å². The number of methoxy groups -OCH3 is 1. The van der Waals surface area contributed by atoms with Gasteiger partial charge in [-0.3, -0.25) is 13.9 Å². The predicted molar refractivity (Wildman–Crippen MR) is 139 cm³/mol. The molecule has 8 nitrogen and oxygen atoms in total. The summed E-state index contributed by atoms with van der Waals surface area (Å²) in [6.07, 6.45) is 1.54. The number of nitrogens with one attached hydrogen (secondary N) is 1. The van der Waals surface area contributed by atoms with Gasteiger partial charge in [0.25, 0.3) is 0 Å². The molecule has 0 saturated carbocycles. The van der Waals surface area contributed by atoms with Gasteiger partial charge >= 0.3 is 0 Å². The number of sulfonamides is 1. The zero-order chi connectivity index (χ0) is 26.2. The molecule has 0 heterocycles. The van der Waals surface area contributed by atoms with Crippen LogP contribution in [0, 0.1) is 0 Å². The van der Waals surface area contributed by atoms with Crippen molar-refractivity contribution in [1.82, 2.24) is 10.2 Å². The third-order valence-corrected chi connectivity index (χ3v) is 6.57. The van der Waals surface area contributed by atoms with E-state index < -0.39 is 21.6 Å². The third kappa shape index (κ3) is 8.90. The quantitative estimate of drug-likeness (QED) is 0.506. The predicted octanol–water partition coefficient (Wildman–Crippen LogP) is 3.57. The van der Waals surface area contributed by atoms with Crippen LogP contribution in [0.1, 0.15) is 46.1 Å². The number of carbonyl (C=O) groups excluding carboxylic acids is 2. The first-order chi connectivity index (χ1) is 16.3. The first kappa shape index (κ1) is 28.2. The molecule has 0 aliphatic carbocycles. The van der Waals surface area contributed by atoms with Gasteiger partial charge in [-0.1, -0.05) is 30.3 Å². The van der Waals surface area contributed by atoms with Crippen molar-refractivity contribution in [2.24, 2.45) is 0 Å². The minimum Gasteiger partial charge on any atom is -0.497 e. The molecule has 0 aliphatic heterocycles. The zero-order valence-electron chi connectivity index (χ0n) is 21.4. The Hall–Kier alpha value is -3.07. The highest BCUT2D eigenvalue weighted by Gasteiger charge is 2.28. The molecule has 0 fully saturated rings. The van der Waals surface area contributed by atoms with Gasteiger partial charge in [0.1, 0.15) is 11.8 Å². The summed E-state index contributed by atoms with van der Waals surface area (Å²) >= 11 is 0. The number of amides is 2.